The van der Waals surface area contributed by atoms with Crippen LogP contribution in [0.2, 0.25) is 0 Å². The van der Waals surface area contributed by atoms with Gasteiger partial charge in [-0.15, -0.1) is 0 Å². The summed E-state index contributed by atoms with van der Waals surface area (Å²) in [6.45, 7) is 7.99. The summed E-state index contributed by atoms with van der Waals surface area (Å²) in [5.41, 5.74) is 6.40. The summed E-state index contributed by atoms with van der Waals surface area (Å²) in [5, 5.41) is 24.4. The molecule has 0 amide bonds. The molecule has 1 N–H and O–H groups in total. The van der Waals surface area contributed by atoms with Gasteiger partial charge in [0.25, 0.3) is 0 Å². The molecule has 0 radical (unpaired) electrons. The number of benzene rings is 2. The molecular formula is C23H25N7O3. The lowest BCUT2D eigenvalue weighted by molar-refractivity contribution is 0.302. The number of hydrogen-bond donors (Lipinski definition) is 1. The van der Waals surface area contributed by atoms with Gasteiger partial charge < -0.3 is 9.94 Å². The normalized spacial score (nSPS) is 11.4. The average molecular weight is 447 g/mol. The van der Waals surface area contributed by atoms with Crippen molar-refractivity contribution in [3.63, 3.8) is 0 Å². The van der Waals surface area contributed by atoms with Gasteiger partial charge in [0, 0.05) is 18.2 Å². The highest BCUT2D eigenvalue weighted by Gasteiger charge is 2.15. The van der Waals surface area contributed by atoms with Gasteiger partial charge in [-0.1, -0.05) is 17.3 Å². The van der Waals surface area contributed by atoms with Crippen LogP contribution < -0.4 is 10.4 Å². The maximum Gasteiger partial charge on any atom is 0.368 e. The van der Waals surface area contributed by atoms with Crippen molar-refractivity contribution in [2.45, 2.75) is 34.3 Å². The van der Waals surface area contributed by atoms with Gasteiger partial charge in [-0.2, -0.15) is 14.5 Å². The van der Waals surface area contributed by atoms with Crippen molar-refractivity contribution in [1.29, 1.82) is 0 Å². The van der Waals surface area contributed by atoms with E-state index in [1.54, 1.807) is 7.05 Å². The second-order valence-electron chi connectivity index (χ2n) is 7.85. The van der Waals surface area contributed by atoms with E-state index in [-0.39, 0.29) is 12.3 Å². The third kappa shape index (κ3) is 4.02. The van der Waals surface area contributed by atoms with Crippen molar-refractivity contribution >= 4 is 6.21 Å². The molecule has 33 heavy (non-hydrogen) atoms. The molecule has 2 aromatic carbocycles. The maximum atomic E-state index is 12.4. The van der Waals surface area contributed by atoms with E-state index in [4.69, 9.17) is 9.94 Å². The quantitative estimate of drug-likeness (QED) is 0.276. The molecule has 0 bridgehead atoms. The van der Waals surface area contributed by atoms with Crippen LogP contribution in [0, 0.1) is 27.7 Å². The number of oxime groups is 1. The van der Waals surface area contributed by atoms with E-state index in [9.17, 15) is 4.79 Å². The molecule has 0 spiro atoms. The lowest BCUT2D eigenvalue weighted by Crippen LogP contribution is -2.23. The number of nitrogens with zero attached hydrogens (tertiary/aromatic N) is 7. The van der Waals surface area contributed by atoms with E-state index in [0.29, 0.717) is 5.69 Å². The zero-order valence-electron chi connectivity index (χ0n) is 19.1. The Morgan fingerprint density at radius 3 is 2.52 bits per heavy atom. The van der Waals surface area contributed by atoms with Crippen LogP contribution in [0.4, 0.5) is 0 Å². The predicted octanol–water partition coefficient (Wildman–Crippen LogP) is 2.77. The SMILES string of the molecule is Cc1cc(-n2nc(C)c(/C=N/O)c2C)ccc1OCc1c(C)cccc1-n1nnn(C)c1=O. The van der Waals surface area contributed by atoms with Gasteiger partial charge in [0.1, 0.15) is 12.4 Å². The summed E-state index contributed by atoms with van der Waals surface area (Å²) in [4.78, 5) is 12.4. The molecule has 10 heteroatoms. The van der Waals surface area contributed by atoms with E-state index in [2.05, 4.69) is 20.7 Å². The van der Waals surface area contributed by atoms with Crippen LogP contribution in [0.15, 0.2) is 46.3 Å². The van der Waals surface area contributed by atoms with Gasteiger partial charge in [-0.3, -0.25) is 0 Å². The summed E-state index contributed by atoms with van der Waals surface area (Å²) in [6.07, 6.45) is 1.39. The highest BCUT2D eigenvalue weighted by molar-refractivity contribution is 5.82. The zero-order chi connectivity index (χ0) is 23.7. The Bertz CT molecular complexity index is 1410. The number of ether oxygens (including phenoxy) is 1. The molecule has 0 saturated heterocycles. The van der Waals surface area contributed by atoms with Crippen LogP contribution in [0.3, 0.4) is 0 Å². The molecule has 2 heterocycles. The van der Waals surface area contributed by atoms with Crippen LogP contribution >= 0.6 is 0 Å². The van der Waals surface area contributed by atoms with E-state index in [1.807, 2.05) is 68.8 Å². The molecule has 2 aromatic heterocycles. The van der Waals surface area contributed by atoms with Crippen molar-refractivity contribution in [1.82, 2.24) is 29.6 Å². The molecular weight excluding hydrogens is 422 g/mol. The molecule has 0 aliphatic heterocycles. The Hall–Kier alpha value is -4.21. The smallest absolute Gasteiger partial charge is 0.368 e. The first kappa shape index (κ1) is 22.0. The summed E-state index contributed by atoms with van der Waals surface area (Å²) in [7, 11) is 1.56. The minimum atomic E-state index is -0.321. The summed E-state index contributed by atoms with van der Waals surface area (Å²) >= 11 is 0. The lowest BCUT2D eigenvalue weighted by Gasteiger charge is -2.15. The molecule has 0 fully saturated rings. The van der Waals surface area contributed by atoms with E-state index in [1.165, 1.54) is 15.6 Å². The first-order valence-electron chi connectivity index (χ1n) is 10.4. The molecule has 0 unspecified atom stereocenters. The molecule has 4 aromatic rings. The molecule has 4 rings (SSSR count). The fraction of sp³-hybridized carbons (Fsp3) is 0.261. The zero-order valence-corrected chi connectivity index (χ0v) is 19.1. The Balaban J connectivity index is 1.62. The minimum Gasteiger partial charge on any atom is -0.489 e. The third-order valence-electron chi connectivity index (χ3n) is 5.64. The van der Waals surface area contributed by atoms with Gasteiger partial charge in [-0.25, -0.2) is 9.48 Å². The van der Waals surface area contributed by atoms with Crippen molar-refractivity contribution < 1.29 is 9.94 Å². The maximum absolute atomic E-state index is 12.4. The first-order valence-corrected chi connectivity index (χ1v) is 10.4. The van der Waals surface area contributed by atoms with Crippen molar-refractivity contribution in [2.24, 2.45) is 12.2 Å². The lowest BCUT2D eigenvalue weighted by atomic mass is 10.1. The van der Waals surface area contributed by atoms with Crippen LogP contribution in [-0.4, -0.2) is 41.0 Å². The second kappa shape index (κ2) is 8.73. The number of aromatic nitrogens is 6. The molecule has 0 saturated carbocycles. The highest BCUT2D eigenvalue weighted by Crippen LogP contribution is 2.26. The Kier molecular flexibility index (Phi) is 5.82. The Morgan fingerprint density at radius 2 is 1.85 bits per heavy atom. The van der Waals surface area contributed by atoms with Crippen molar-refractivity contribution in [3.05, 3.63) is 80.5 Å². The number of tetrazole rings is 1. The summed E-state index contributed by atoms with van der Waals surface area (Å²) in [5.74, 6) is 0.720. The monoisotopic (exact) mass is 447 g/mol. The number of aryl methyl sites for hydroxylation is 4. The Morgan fingerprint density at radius 1 is 1.06 bits per heavy atom. The molecule has 10 nitrogen and oxygen atoms in total. The van der Waals surface area contributed by atoms with Gasteiger partial charge in [-0.05, 0) is 73.5 Å². The largest absolute Gasteiger partial charge is 0.489 e. The first-order chi connectivity index (χ1) is 15.8. The van der Waals surface area contributed by atoms with Crippen molar-refractivity contribution in [3.8, 4) is 17.1 Å². The van der Waals surface area contributed by atoms with Crippen LogP contribution in [0.1, 0.15) is 33.6 Å². The standard InChI is InChI=1S/C23H25N7O3/c1-14-7-6-8-21(30-23(31)28(5)26-27-30)20(14)13-33-22-10-9-18(11-15(22)2)29-17(4)19(12-24-32)16(3)25-29/h6-12,32H,13H2,1-5H3/b24-12+. The van der Waals surface area contributed by atoms with E-state index >= 15 is 0 Å². The average Bonchev–Trinajstić information content (AvgIpc) is 3.27. The summed E-state index contributed by atoms with van der Waals surface area (Å²) < 4.78 is 10.4. The minimum absolute atomic E-state index is 0.266. The topological polar surface area (TPSA) is 112 Å². The van der Waals surface area contributed by atoms with Gasteiger partial charge in [0.15, 0.2) is 0 Å². The molecule has 170 valence electrons. The highest BCUT2D eigenvalue weighted by atomic mass is 16.5. The predicted molar refractivity (Wildman–Crippen MR) is 123 cm³/mol. The molecule has 0 atom stereocenters. The Labute approximate surface area is 190 Å². The van der Waals surface area contributed by atoms with Gasteiger partial charge in [0.2, 0.25) is 0 Å². The van der Waals surface area contributed by atoms with Crippen LogP contribution in [0.25, 0.3) is 11.4 Å². The second-order valence-corrected chi connectivity index (χ2v) is 7.85. The van der Waals surface area contributed by atoms with Gasteiger partial charge >= 0.3 is 5.69 Å². The van der Waals surface area contributed by atoms with Gasteiger partial charge in [0.05, 0.1) is 29.0 Å². The molecule has 0 aliphatic carbocycles. The fourth-order valence-electron chi connectivity index (χ4n) is 3.77. The third-order valence-corrected chi connectivity index (χ3v) is 5.64. The molecule has 0 aliphatic rings. The van der Waals surface area contributed by atoms with E-state index in [0.717, 1.165) is 45.1 Å². The number of hydrogen-bond acceptors (Lipinski definition) is 7. The van der Waals surface area contributed by atoms with Crippen LogP contribution in [0.5, 0.6) is 5.75 Å². The van der Waals surface area contributed by atoms with Crippen molar-refractivity contribution in [2.75, 3.05) is 0 Å². The van der Waals surface area contributed by atoms with E-state index < -0.39 is 0 Å². The number of rotatable bonds is 6. The van der Waals surface area contributed by atoms with Crippen LogP contribution in [-0.2, 0) is 13.7 Å². The summed E-state index contributed by atoms with van der Waals surface area (Å²) in [6, 6.07) is 11.5. The fourth-order valence-corrected chi connectivity index (χ4v) is 3.77.